The molecule has 1 amide bonds. The van der Waals surface area contributed by atoms with E-state index >= 15 is 0 Å². The third kappa shape index (κ3) is 5.12. The highest BCUT2D eigenvalue weighted by Gasteiger charge is 2.13. The molecule has 0 aromatic heterocycles. The Labute approximate surface area is 125 Å². The Bertz CT molecular complexity index is 474. The maximum atomic E-state index is 13.8. The zero-order valence-corrected chi connectivity index (χ0v) is 13.1. The summed E-state index contributed by atoms with van der Waals surface area (Å²) in [7, 11) is 0. The van der Waals surface area contributed by atoms with Gasteiger partial charge in [0.2, 0.25) is 5.91 Å². The molecule has 0 unspecified atom stereocenters. The fourth-order valence-electron chi connectivity index (χ4n) is 2.33. The lowest BCUT2D eigenvalue weighted by atomic mass is 9.95. The molecule has 0 aliphatic rings. The van der Waals surface area contributed by atoms with Crippen LogP contribution in [0.15, 0.2) is 12.1 Å². The second kappa shape index (κ2) is 7.63. The first-order valence-corrected chi connectivity index (χ1v) is 7.45. The Morgan fingerprint density at radius 1 is 1.35 bits per heavy atom. The lowest BCUT2D eigenvalue weighted by Gasteiger charge is -2.13. The summed E-state index contributed by atoms with van der Waals surface area (Å²) in [6.45, 7) is 5.92. The van der Waals surface area contributed by atoms with E-state index in [0.717, 1.165) is 24.8 Å². The summed E-state index contributed by atoms with van der Waals surface area (Å²) in [5.74, 6) is -0.175. The van der Waals surface area contributed by atoms with Crippen LogP contribution >= 0.6 is 11.6 Å². The smallest absolute Gasteiger partial charge is 0.217 e. The second-order valence-corrected chi connectivity index (χ2v) is 6.21. The lowest BCUT2D eigenvalue weighted by Crippen LogP contribution is -2.14. The topological polar surface area (TPSA) is 43.1 Å². The van der Waals surface area contributed by atoms with E-state index in [2.05, 4.69) is 0 Å². The Morgan fingerprint density at radius 3 is 2.55 bits per heavy atom. The van der Waals surface area contributed by atoms with Crippen molar-refractivity contribution >= 4 is 17.5 Å². The molecule has 0 radical (unpaired) electrons. The van der Waals surface area contributed by atoms with E-state index in [1.807, 2.05) is 26.8 Å². The van der Waals surface area contributed by atoms with E-state index in [1.54, 1.807) is 6.07 Å². The summed E-state index contributed by atoms with van der Waals surface area (Å²) in [5, 5.41) is 0.191. The van der Waals surface area contributed by atoms with Gasteiger partial charge < -0.3 is 5.73 Å². The normalized spacial score (nSPS) is 12.7. The van der Waals surface area contributed by atoms with Crippen molar-refractivity contribution in [2.24, 2.45) is 11.7 Å². The average molecular weight is 300 g/mol. The third-order valence-electron chi connectivity index (χ3n) is 3.45. The number of primary amides is 1. The highest BCUT2D eigenvalue weighted by molar-refractivity contribution is 6.30. The third-order valence-corrected chi connectivity index (χ3v) is 3.73. The first-order chi connectivity index (χ1) is 9.31. The Hall–Kier alpha value is -1.09. The SMILES string of the molecule is CC(C)c1cc(CCC[C@@H](C)CC(N)=O)cc(Cl)c1F. The van der Waals surface area contributed by atoms with Crippen LogP contribution in [0.1, 0.15) is 57.1 Å². The summed E-state index contributed by atoms with van der Waals surface area (Å²) in [6.07, 6.45) is 3.12. The number of benzene rings is 1. The van der Waals surface area contributed by atoms with Crippen LogP contribution in [0.2, 0.25) is 5.02 Å². The van der Waals surface area contributed by atoms with Gasteiger partial charge in [-0.25, -0.2) is 4.39 Å². The number of halogens is 2. The number of hydrogen-bond acceptors (Lipinski definition) is 1. The molecule has 0 heterocycles. The first kappa shape index (κ1) is 17.0. The van der Waals surface area contributed by atoms with Crippen molar-refractivity contribution in [2.75, 3.05) is 0 Å². The van der Waals surface area contributed by atoms with Gasteiger partial charge in [0.1, 0.15) is 5.82 Å². The molecule has 0 aliphatic carbocycles. The van der Waals surface area contributed by atoms with Crippen LogP contribution in [-0.2, 0) is 11.2 Å². The minimum Gasteiger partial charge on any atom is -0.370 e. The minimum absolute atomic E-state index is 0.112. The quantitative estimate of drug-likeness (QED) is 0.795. The summed E-state index contributed by atoms with van der Waals surface area (Å²) >= 11 is 5.94. The van der Waals surface area contributed by atoms with E-state index in [0.29, 0.717) is 12.0 Å². The lowest BCUT2D eigenvalue weighted by molar-refractivity contribution is -0.118. The zero-order chi connectivity index (χ0) is 15.3. The Balaban J connectivity index is 2.63. The average Bonchev–Trinajstić information content (AvgIpc) is 2.32. The van der Waals surface area contributed by atoms with Crippen molar-refractivity contribution in [3.63, 3.8) is 0 Å². The van der Waals surface area contributed by atoms with E-state index in [-0.39, 0.29) is 28.6 Å². The molecule has 1 atom stereocenters. The molecule has 4 heteroatoms. The zero-order valence-electron chi connectivity index (χ0n) is 12.4. The summed E-state index contributed by atoms with van der Waals surface area (Å²) < 4.78 is 13.8. The van der Waals surface area contributed by atoms with Gasteiger partial charge in [-0.05, 0) is 48.3 Å². The van der Waals surface area contributed by atoms with Gasteiger partial charge in [0.25, 0.3) is 0 Å². The van der Waals surface area contributed by atoms with Crippen molar-refractivity contribution < 1.29 is 9.18 Å². The van der Waals surface area contributed by atoms with E-state index in [1.165, 1.54) is 0 Å². The number of amides is 1. The van der Waals surface area contributed by atoms with Crippen LogP contribution in [0, 0.1) is 11.7 Å². The molecule has 0 bridgehead atoms. The molecule has 2 N–H and O–H groups in total. The van der Waals surface area contributed by atoms with Gasteiger partial charge in [-0.15, -0.1) is 0 Å². The van der Waals surface area contributed by atoms with Gasteiger partial charge >= 0.3 is 0 Å². The molecule has 1 rings (SSSR count). The van der Waals surface area contributed by atoms with Crippen molar-refractivity contribution in [1.82, 2.24) is 0 Å². The molecule has 0 saturated carbocycles. The monoisotopic (exact) mass is 299 g/mol. The number of carbonyl (C=O) groups is 1. The van der Waals surface area contributed by atoms with E-state index < -0.39 is 0 Å². The fraction of sp³-hybridized carbons (Fsp3) is 0.562. The molecule has 112 valence electrons. The molecule has 1 aromatic rings. The number of carbonyl (C=O) groups excluding carboxylic acids is 1. The van der Waals surface area contributed by atoms with Crippen LogP contribution in [0.5, 0.6) is 0 Å². The molecular formula is C16H23ClFNO. The van der Waals surface area contributed by atoms with Crippen molar-refractivity contribution in [3.05, 3.63) is 34.1 Å². The van der Waals surface area contributed by atoms with Crippen LogP contribution < -0.4 is 5.73 Å². The molecule has 0 fully saturated rings. The van der Waals surface area contributed by atoms with Gasteiger partial charge in [-0.3, -0.25) is 4.79 Å². The molecule has 2 nitrogen and oxygen atoms in total. The number of nitrogens with two attached hydrogens (primary N) is 1. The summed E-state index contributed by atoms with van der Waals surface area (Å²) in [5.41, 5.74) is 6.88. The van der Waals surface area contributed by atoms with Gasteiger partial charge in [-0.1, -0.05) is 38.4 Å². The number of aryl methyl sites for hydroxylation is 1. The molecule has 0 saturated heterocycles. The van der Waals surface area contributed by atoms with Gasteiger partial charge in [0, 0.05) is 6.42 Å². The van der Waals surface area contributed by atoms with Crippen molar-refractivity contribution in [3.8, 4) is 0 Å². The van der Waals surface area contributed by atoms with Gasteiger partial charge in [-0.2, -0.15) is 0 Å². The van der Waals surface area contributed by atoms with E-state index in [9.17, 15) is 9.18 Å². The largest absolute Gasteiger partial charge is 0.370 e. The maximum Gasteiger partial charge on any atom is 0.217 e. The Kier molecular flexibility index (Phi) is 6.47. The highest BCUT2D eigenvalue weighted by atomic mass is 35.5. The second-order valence-electron chi connectivity index (χ2n) is 5.80. The van der Waals surface area contributed by atoms with Crippen molar-refractivity contribution in [1.29, 1.82) is 0 Å². The minimum atomic E-state index is -0.312. The Morgan fingerprint density at radius 2 is 2.00 bits per heavy atom. The standard InChI is InChI=1S/C16H23ClFNO/c1-10(2)13-8-12(9-14(17)16(13)18)6-4-5-11(3)7-15(19)20/h8-11H,4-7H2,1-3H3,(H2,19,20)/t11-/m1/s1. The van der Waals surface area contributed by atoms with Crippen LogP contribution in [0.3, 0.4) is 0 Å². The summed E-state index contributed by atoms with van der Waals surface area (Å²) in [6, 6.07) is 3.59. The van der Waals surface area contributed by atoms with E-state index in [4.69, 9.17) is 17.3 Å². The predicted molar refractivity (Wildman–Crippen MR) is 81.4 cm³/mol. The van der Waals surface area contributed by atoms with Crippen LogP contribution in [0.4, 0.5) is 4.39 Å². The fourth-order valence-corrected chi connectivity index (χ4v) is 2.58. The maximum absolute atomic E-state index is 13.8. The molecule has 0 spiro atoms. The highest BCUT2D eigenvalue weighted by Crippen LogP contribution is 2.27. The van der Waals surface area contributed by atoms with Crippen molar-refractivity contribution in [2.45, 2.75) is 52.4 Å². The molecule has 1 aromatic carbocycles. The number of rotatable bonds is 7. The molecular weight excluding hydrogens is 277 g/mol. The van der Waals surface area contributed by atoms with Gasteiger partial charge in [0.05, 0.1) is 5.02 Å². The van der Waals surface area contributed by atoms with Crippen LogP contribution in [0.25, 0.3) is 0 Å². The first-order valence-electron chi connectivity index (χ1n) is 7.07. The predicted octanol–water partition coefficient (Wildman–Crippen LogP) is 4.44. The molecule has 20 heavy (non-hydrogen) atoms. The number of hydrogen-bond donors (Lipinski definition) is 1. The van der Waals surface area contributed by atoms with Crippen LogP contribution in [-0.4, -0.2) is 5.91 Å². The molecule has 0 aliphatic heterocycles. The van der Waals surface area contributed by atoms with Gasteiger partial charge in [0.15, 0.2) is 0 Å². The summed E-state index contributed by atoms with van der Waals surface area (Å²) in [4.78, 5) is 10.8.